The van der Waals surface area contributed by atoms with E-state index in [0.29, 0.717) is 11.3 Å². The molecule has 5 heteroatoms. The average Bonchev–Trinajstić information content (AvgIpc) is 2.74. The van der Waals surface area contributed by atoms with Crippen LogP contribution in [0.25, 0.3) is 0 Å². The molecule has 1 aromatic heterocycles. The lowest BCUT2D eigenvalue weighted by atomic mass is 10.2. The number of carbonyl (C=O) groups excluding carboxylic acids is 1. The first-order valence-corrected chi connectivity index (χ1v) is 6.02. The van der Waals surface area contributed by atoms with E-state index in [9.17, 15) is 9.18 Å². The Morgan fingerprint density at radius 1 is 1.29 bits per heavy atom. The molecule has 0 fully saturated rings. The predicted octanol–water partition coefficient (Wildman–Crippen LogP) is 3.22. The molecule has 1 aliphatic rings. The van der Waals surface area contributed by atoms with Crippen molar-refractivity contribution in [3.63, 3.8) is 0 Å². The second-order valence-corrected chi connectivity index (χ2v) is 4.59. The topological polar surface area (TPSA) is 32.3 Å². The lowest BCUT2D eigenvalue weighted by Crippen LogP contribution is -2.09. The second-order valence-electron chi connectivity index (χ2n) is 3.85. The maximum Gasteiger partial charge on any atom is 0.258 e. The monoisotopic (exact) mass is 248 g/mol. The Kier molecular flexibility index (Phi) is 2.16. The van der Waals surface area contributed by atoms with Crippen LogP contribution in [0.3, 0.4) is 0 Å². The third kappa shape index (κ3) is 1.51. The number of benzene rings is 1. The van der Waals surface area contributed by atoms with Gasteiger partial charge in [0.25, 0.3) is 5.91 Å². The van der Waals surface area contributed by atoms with E-state index >= 15 is 0 Å². The van der Waals surface area contributed by atoms with Crippen LogP contribution in [0.1, 0.15) is 10.4 Å². The van der Waals surface area contributed by atoms with Crippen molar-refractivity contribution in [2.75, 3.05) is 17.3 Å². The van der Waals surface area contributed by atoms with Crippen molar-refractivity contribution in [2.24, 2.45) is 0 Å². The molecule has 3 nitrogen and oxygen atoms in total. The average molecular weight is 248 g/mol. The van der Waals surface area contributed by atoms with E-state index in [1.165, 1.54) is 23.5 Å². The Labute approximate surface area is 101 Å². The Morgan fingerprint density at radius 2 is 2.12 bits per heavy atom. The number of hydrogen-bond acceptors (Lipinski definition) is 3. The summed E-state index contributed by atoms with van der Waals surface area (Å²) in [7, 11) is 1.86. The Bertz CT molecular complexity index is 608. The van der Waals surface area contributed by atoms with Crippen molar-refractivity contribution in [1.29, 1.82) is 0 Å². The molecule has 17 heavy (non-hydrogen) atoms. The smallest absolute Gasteiger partial charge is 0.258 e. The summed E-state index contributed by atoms with van der Waals surface area (Å²) in [5, 5.41) is 6.43. The van der Waals surface area contributed by atoms with E-state index in [0.717, 1.165) is 11.4 Å². The largest absolute Gasteiger partial charge is 0.342 e. The van der Waals surface area contributed by atoms with E-state index in [2.05, 4.69) is 5.32 Å². The van der Waals surface area contributed by atoms with Gasteiger partial charge in [-0.15, -0.1) is 11.3 Å². The molecule has 1 N–H and O–H groups in total. The summed E-state index contributed by atoms with van der Waals surface area (Å²) in [6, 6.07) is 4.38. The van der Waals surface area contributed by atoms with E-state index in [1.54, 1.807) is 11.4 Å². The van der Waals surface area contributed by atoms with Crippen LogP contribution in [0.5, 0.6) is 0 Å². The van der Waals surface area contributed by atoms with Gasteiger partial charge in [0, 0.05) is 17.8 Å². The summed E-state index contributed by atoms with van der Waals surface area (Å²) in [6.07, 6.45) is 0. The van der Waals surface area contributed by atoms with Gasteiger partial charge in [0.05, 0.1) is 22.6 Å². The molecule has 2 heterocycles. The van der Waals surface area contributed by atoms with Gasteiger partial charge < -0.3 is 10.2 Å². The Hall–Kier alpha value is -1.88. The number of nitrogens with zero attached hydrogens (tertiary/aromatic N) is 1. The van der Waals surface area contributed by atoms with E-state index in [-0.39, 0.29) is 11.7 Å². The van der Waals surface area contributed by atoms with E-state index in [1.807, 2.05) is 17.3 Å². The van der Waals surface area contributed by atoms with E-state index in [4.69, 9.17) is 0 Å². The molecule has 86 valence electrons. The van der Waals surface area contributed by atoms with Gasteiger partial charge in [-0.3, -0.25) is 4.79 Å². The minimum atomic E-state index is -0.359. The molecule has 0 bridgehead atoms. The molecule has 1 aromatic carbocycles. The predicted molar refractivity (Wildman–Crippen MR) is 66.7 cm³/mol. The van der Waals surface area contributed by atoms with Crippen molar-refractivity contribution in [3.8, 4) is 0 Å². The molecule has 0 saturated carbocycles. The number of nitrogens with one attached hydrogen (secondary N) is 1. The zero-order valence-electron chi connectivity index (χ0n) is 9.03. The fourth-order valence-corrected chi connectivity index (χ4v) is 2.79. The SMILES string of the molecule is CN1c2ccc(F)cc2NC(=O)c2cscc21. The number of rotatable bonds is 0. The van der Waals surface area contributed by atoms with Gasteiger partial charge in [0.2, 0.25) is 0 Å². The summed E-state index contributed by atoms with van der Waals surface area (Å²) in [5.41, 5.74) is 2.75. The molecule has 0 saturated heterocycles. The lowest BCUT2D eigenvalue weighted by molar-refractivity contribution is 0.102. The standard InChI is InChI=1S/C12H9FN2OS/c1-15-10-3-2-7(13)4-9(10)14-12(16)8-5-17-6-11(8)15/h2-6H,1H3,(H,14,16). The van der Waals surface area contributed by atoms with Crippen molar-refractivity contribution in [2.45, 2.75) is 0 Å². The number of hydrogen-bond donors (Lipinski definition) is 1. The molecule has 0 radical (unpaired) electrons. The molecular weight excluding hydrogens is 239 g/mol. The third-order valence-corrected chi connectivity index (χ3v) is 3.55. The summed E-state index contributed by atoms with van der Waals surface area (Å²) >= 11 is 1.47. The molecule has 0 spiro atoms. The highest BCUT2D eigenvalue weighted by molar-refractivity contribution is 7.08. The van der Waals surface area contributed by atoms with Crippen LogP contribution < -0.4 is 10.2 Å². The van der Waals surface area contributed by atoms with E-state index < -0.39 is 0 Å². The van der Waals surface area contributed by atoms with Gasteiger partial charge in [-0.25, -0.2) is 4.39 Å². The van der Waals surface area contributed by atoms with Gasteiger partial charge in [0.1, 0.15) is 5.82 Å². The van der Waals surface area contributed by atoms with Gasteiger partial charge in [-0.1, -0.05) is 0 Å². The number of fused-ring (bicyclic) bond motifs is 2. The first-order chi connectivity index (χ1) is 8.16. The van der Waals surface area contributed by atoms with Crippen LogP contribution in [0.15, 0.2) is 29.0 Å². The summed E-state index contributed by atoms with van der Waals surface area (Å²) in [4.78, 5) is 13.8. The molecular formula is C12H9FN2OS. The van der Waals surface area contributed by atoms with Gasteiger partial charge in [-0.05, 0) is 18.2 Å². The fourth-order valence-electron chi connectivity index (χ4n) is 1.94. The van der Waals surface area contributed by atoms with Gasteiger partial charge >= 0.3 is 0 Å². The van der Waals surface area contributed by atoms with Crippen LogP contribution in [0.4, 0.5) is 21.5 Å². The van der Waals surface area contributed by atoms with Crippen molar-refractivity contribution < 1.29 is 9.18 Å². The van der Waals surface area contributed by atoms with Crippen LogP contribution >= 0.6 is 11.3 Å². The Balaban J connectivity index is 2.23. The van der Waals surface area contributed by atoms with Crippen LogP contribution in [0, 0.1) is 5.82 Å². The van der Waals surface area contributed by atoms with Crippen molar-refractivity contribution in [3.05, 3.63) is 40.3 Å². The van der Waals surface area contributed by atoms with Crippen molar-refractivity contribution in [1.82, 2.24) is 0 Å². The maximum absolute atomic E-state index is 13.2. The lowest BCUT2D eigenvalue weighted by Gasteiger charge is -2.18. The highest BCUT2D eigenvalue weighted by Crippen LogP contribution is 2.38. The highest BCUT2D eigenvalue weighted by atomic mass is 32.1. The number of halogens is 1. The van der Waals surface area contributed by atoms with Gasteiger partial charge in [0.15, 0.2) is 0 Å². The number of amides is 1. The third-order valence-electron chi connectivity index (χ3n) is 2.82. The molecule has 1 amide bonds. The molecule has 2 aromatic rings. The zero-order chi connectivity index (χ0) is 12.0. The summed E-state index contributed by atoms with van der Waals surface area (Å²) < 4.78 is 13.2. The molecule has 0 atom stereocenters. The first kappa shape index (κ1) is 10.3. The zero-order valence-corrected chi connectivity index (χ0v) is 9.84. The number of carbonyl (C=O) groups is 1. The first-order valence-electron chi connectivity index (χ1n) is 5.07. The fraction of sp³-hybridized carbons (Fsp3) is 0.0833. The van der Waals surface area contributed by atoms with Gasteiger partial charge in [-0.2, -0.15) is 0 Å². The van der Waals surface area contributed by atoms with Crippen molar-refractivity contribution >= 4 is 34.3 Å². The number of thiophene rings is 1. The second kappa shape index (κ2) is 3.56. The summed E-state index contributed by atoms with van der Waals surface area (Å²) in [5.74, 6) is -0.556. The molecule has 0 unspecified atom stereocenters. The minimum absolute atomic E-state index is 0.197. The number of anilines is 3. The summed E-state index contributed by atoms with van der Waals surface area (Å²) in [6.45, 7) is 0. The quantitative estimate of drug-likeness (QED) is 0.776. The Morgan fingerprint density at radius 3 is 2.94 bits per heavy atom. The molecule has 0 aliphatic carbocycles. The highest BCUT2D eigenvalue weighted by Gasteiger charge is 2.23. The molecule has 1 aliphatic heterocycles. The van der Waals surface area contributed by atoms with Crippen LogP contribution in [0.2, 0.25) is 0 Å². The van der Waals surface area contributed by atoms with Crippen LogP contribution in [-0.2, 0) is 0 Å². The van der Waals surface area contributed by atoms with Crippen LogP contribution in [-0.4, -0.2) is 13.0 Å². The normalized spacial score (nSPS) is 13.8. The minimum Gasteiger partial charge on any atom is -0.342 e. The maximum atomic E-state index is 13.2. The molecule has 3 rings (SSSR count).